The molecule has 2 nitrogen and oxygen atoms in total. The van der Waals surface area contributed by atoms with Crippen LogP contribution in [0, 0.1) is 11.8 Å². The fourth-order valence-electron chi connectivity index (χ4n) is 2.13. The SMILES string of the molecule is CCC(CCN)CCCN(C)C(C)C(C)C. The van der Waals surface area contributed by atoms with Crippen molar-refractivity contribution >= 4 is 0 Å². The van der Waals surface area contributed by atoms with E-state index in [0.717, 1.165) is 18.4 Å². The van der Waals surface area contributed by atoms with Crippen molar-refractivity contribution in [1.29, 1.82) is 0 Å². The van der Waals surface area contributed by atoms with E-state index in [2.05, 4.69) is 39.6 Å². The van der Waals surface area contributed by atoms with Crippen LogP contribution in [0.15, 0.2) is 0 Å². The van der Waals surface area contributed by atoms with Gasteiger partial charge in [0.05, 0.1) is 0 Å². The Bertz CT molecular complexity index is 157. The van der Waals surface area contributed by atoms with Gasteiger partial charge in [0, 0.05) is 6.04 Å². The van der Waals surface area contributed by atoms with Gasteiger partial charge in [-0.3, -0.25) is 0 Å². The first-order valence-corrected chi connectivity index (χ1v) is 6.93. The van der Waals surface area contributed by atoms with Crippen LogP contribution in [0.5, 0.6) is 0 Å². The number of hydrogen-bond acceptors (Lipinski definition) is 2. The third kappa shape index (κ3) is 6.49. The quantitative estimate of drug-likeness (QED) is 0.657. The van der Waals surface area contributed by atoms with Crippen molar-refractivity contribution in [2.75, 3.05) is 20.1 Å². The van der Waals surface area contributed by atoms with Gasteiger partial charge in [-0.25, -0.2) is 0 Å². The maximum Gasteiger partial charge on any atom is 0.00868 e. The van der Waals surface area contributed by atoms with Crippen molar-refractivity contribution in [1.82, 2.24) is 4.90 Å². The van der Waals surface area contributed by atoms with Crippen molar-refractivity contribution in [2.45, 2.75) is 59.4 Å². The molecule has 2 atom stereocenters. The lowest BCUT2D eigenvalue weighted by Gasteiger charge is -2.28. The smallest absolute Gasteiger partial charge is 0.00868 e. The molecule has 0 saturated carbocycles. The van der Waals surface area contributed by atoms with Gasteiger partial charge in [0.25, 0.3) is 0 Å². The summed E-state index contributed by atoms with van der Waals surface area (Å²) in [5.74, 6) is 1.59. The van der Waals surface area contributed by atoms with Gasteiger partial charge in [-0.1, -0.05) is 27.2 Å². The lowest BCUT2D eigenvalue weighted by molar-refractivity contribution is 0.200. The second-order valence-corrected chi connectivity index (χ2v) is 5.46. The van der Waals surface area contributed by atoms with Crippen molar-refractivity contribution in [3.05, 3.63) is 0 Å². The highest BCUT2D eigenvalue weighted by Gasteiger charge is 2.13. The van der Waals surface area contributed by atoms with Crippen LogP contribution in [-0.4, -0.2) is 31.1 Å². The van der Waals surface area contributed by atoms with Crippen LogP contribution in [0.3, 0.4) is 0 Å². The Morgan fingerprint density at radius 2 is 1.75 bits per heavy atom. The lowest BCUT2D eigenvalue weighted by atomic mass is 9.96. The van der Waals surface area contributed by atoms with E-state index >= 15 is 0 Å². The van der Waals surface area contributed by atoms with Crippen molar-refractivity contribution in [3.8, 4) is 0 Å². The zero-order valence-corrected chi connectivity index (χ0v) is 12.0. The van der Waals surface area contributed by atoms with E-state index in [4.69, 9.17) is 5.73 Å². The third-order valence-corrected chi connectivity index (χ3v) is 3.94. The van der Waals surface area contributed by atoms with Gasteiger partial charge >= 0.3 is 0 Å². The number of hydrogen-bond donors (Lipinski definition) is 1. The molecular formula is C14H32N2. The average molecular weight is 228 g/mol. The second-order valence-electron chi connectivity index (χ2n) is 5.46. The molecule has 0 amide bonds. The van der Waals surface area contributed by atoms with Crippen LogP contribution in [0.4, 0.5) is 0 Å². The Morgan fingerprint density at radius 3 is 2.19 bits per heavy atom. The molecule has 0 aromatic heterocycles. The number of rotatable bonds is 9. The Balaban J connectivity index is 3.71. The summed E-state index contributed by atoms with van der Waals surface area (Å²) >= 11 is 0. The highest BCUT2D eigenvalue weighted by atomic mass is 15.1. The monoisotopic (exact) mass is 228 g/mol. The first-order chi connectivity index (χ1) is 7.52. The van der Waals surface area contributed by atoms with Crippen LogP contribution in [-0.2, 0) is 0 Å². The minimum Gasteiger partial charge on any atom is -0.330 e. The van der Waals surface area contributed by atoms with Crippen molar-refractivity contribution in [2.24, 2.45) is 17.6 Å². The number of nitrogens with zero attached hydrogens (tertiary/aromatic N) is 1. The summed E-state index contributed by atoms with van der Waals surface area (Å²) in [5, 5.41) is 0. The number of nitrogens with two attached hydrogens (primary N) is 1. The van der Waals surface area contributed by atoms with Gasteiger partial charge in [-0.15, -0.1) is 0 Å². The molecule has 0 aliphatic carbocycles. The summed E-state index contributed by atoms with van der Waals surface area (Å²) in [4.78, 5) is 2.49. The normalized spacial score (nSPS) is 15.8. The Labute approximate surface area is 103 Å². The molecule has 0 fully saturated rings. The molecule has 0 saturated heterocycles. The summed E-state index contributed by atoms with van der Waals surface area (Å²) in [6.07, 6.45) is 5.12. The Kier molecular flexibility index (Phi) is 8.96. The Morgan fingerprint density at radius 1 is 1.12 bits per heavy atom. The molecule has 16 heavy (non-hydrogen) atoms. The fraction of sp³-hybridized carbons (Fsp3) is 1.00. The zero-order valence-electron chi connectivity index (χ0n) is 12.0. The molecule has 0 aromatic carbocycles. The second kappa shape index (κ2) is 9.00. The first-order valence-electron chi connectivity index (χ1n) is 6.93. The van der Waals surface area contributed by atoms with E-state index in [-0.39, 0.29) is 0 Å². The van der Waals surface area contributed by atoms with E-state index in [1.165, 1.54) is 32.2 Å². The van der Waals surface area contributed by atoms with E-state index in [0.29, 0.717) is 6.04 Å². The van der Waals surface area contributed by atoms with Crippen molar-refractivity contribution in [3.63, 3.8) is 0 Å². The van der Waals surface area contributed by atoms with Gasteiger partial charge in [0.2, 0.25) is 0 Å². The van der Waals surface area contributed by atoms with Gasteiger partial charge in [0.1, 0.15) is 0 Å². The minimum atomic E-state index is 0.689. The van der Waals surface area contributed by atoms with Gasteiger partial charge in [0.15, 0.2) is 0 Å². The van der Waals surface area contributed by atoms with E-state index in [1.54, 1.807) is 0 Å². The molecule has 0 radical (unpaired) electrons. The molecule has 0 bridgehead atoms. The molecule has 2 heteroatoms. The molecule has 0 rings (SSSR count). The lowest BCUT2D eigenvalue weighted by Crippen LogP contribution is -2.34. The molecule has 2 N–H and O–H groups in total. The first kappa shape index (κ1) is 15.9. The summed E-state index contributed by atoms with van der Waals surface area (Å²) in [7, 11) is 2.24. The minimum absolute atomic E-state index is 0.689. The molecule has 0 spiro atoms. The summed E-state index contributed by atoms with van der Waals surface area (Å²) in [6, 6.07) is 0.689. The third-order valence-electron chi connectivity index (χ3n) is 3.94. The van der Waals surface area contributed by atoms with Crippen LogP contribution in [0.2, 0.25) is 0 Å². The molecule has 0 aliphatic heterocycles. The molecule has 0 aromatic rings. The fourth-order valence-corrected chi connectivity index (χ4v) is 2.13. The molecule has 0 aliphatic rings. The molecule has 98 valence electrons. The van der Waals surface area contributed by atoms with Gasteiger partial charge in [-0.2, -0.15) is 0 Å². The predicted octanol–water partition coefficient (Wildman–Crippen LogP) is 3.12. The summed E-state index contributed by atoms with van der Waals surface area (Å²) < 4.78 is 0. The highest BCUT2D eigenvalue weighted by Crippen LogP contribution is 2.16. The summed E-state index contributed by atoms with van der Waals surface area (Å²) in [6.45, 7) is 11.3. The van der Waals surface area contributed by atoms with Crippen LogP contribution in [0.1, 0.15) is 53.4 Å². The van der Waals surface area contributed by atoms with E-state index in [1.807, 2.05) is 0 Å². The molecule has 2 unspecified atom stereocenters. The van der Waals surface area contributed by atoms with Crippen LogP contribution in [0.25, 0.3) is 0 Å². The van der Waals surface area contributed by atoms with Crippen LogP contribution >= 0.6 is 0 Å². The predicted molar refractivity (Wildman–Crippen MR) is 73.6 cm³/mol. The maximum absolute atomic E-state index is 5.61. The topological polar surface area (TPSA) is 29.3 Å². The van der Waals surface area contributed by atoms with E-state index in [9.17, 15) is 0 Å². The average Bonchev–Trinajstić information content (AvgIpc) is 2.26. The highest BCUT2D eigenvalue weighted by molar-refractivity contribution is 4.67. The van der Waals surface area contributed by atoms with Gasteiger partial charge < -0.3 is 10.6 Å². The maximum atomic E-state index is 5.61. The largest absolute Gasteiger partial charge is 0.330 e. The standard InChI is InChI=1S/C14H32N2/c1-6-14(9-10-15)8-7-11-16(5)13(4)12(2)3/h12-14H,6-11,15H2,1-5H3. The van der Waals surface area contributed by atoms with Crippen LogP contribution < -0.4 is 5.73 Å². The molecular weight excluding hydrogens is 196 g/mol. The van der Waals surface area contributed by atoms with E-state index < -0.39 is 0 Å². The van der Waals surface area contributed by atoms with Gasteiger partial charge in [-0.05, 0) is 58.2 Å². The molecule has 0 heterocycles. The van der Waals surface area contributed by atoms with Crippen molar-refractivity contribution < 1.29 is 0 Å². The summed E-state index contributed by atoms with van der Waals surface area (Å²) in [5.41, 5.74) is 5.61. The zero-order chi connectivity index (χ0) is 12.6. The Hall–Kier alpha value is -0.0800.